The average Bonchev–Trinajstić information content (AvgIpc) is 2.11. The first kappa shape index (κ1) is 13.7. The molecule has 0 aliphatic rings. The van der Waals surface area contributed by atoms with Crippen LogP contribution in [-0.4, -0.2) is 23.5 Å². The average molecular weight is 213 g/mol. The van der Waals surface area contributed by atoms with Crippen LogP contribution in [0.25, 0.3) is 0 Å². The van der Waals surface area contributed by atoms with Gasteiger partial charge in [-0.15, -0.1) is 0 Å². The Bertz CT molecular complexity index is 257. The lowest BCUT2D eigenvalue weighted by molar-refractivity contribution is -0.149. The summed E-state index contributed by atoms with van der Waals surface area (Å²) in [6, 6.07) is 0. The Morgan fingerprint density at radius 1 is 1.40 bits per heavy atom. The summed E-state index contributed by atoms with van der Waals surface area (Å²) in [6.45, 7) is 5.55. The Hall–Kier alpha value is -1.32. The third-order valence-electron chi connectivity index (χ3n) is 2.05. The number of carboxylic acids is 1. The van der Waals surface area contributed by atoms with Crippen molar-refractivity contribution < 1.29 is 14.7 Å². The summed E-state index contributed by atoms with van der Waals surface area (Å²) in [7, 11) is 0. The second-order valence-electron chi connectivity index (χ2n) is 4.07. The molecule has 0 aromatic carbocycles. The standard InChI is InChI=1S/C11H19NO3/c1-4-5-6-7-12-9(13)8-11(2,3)10(14)15/h4-5H,6-8H2,1-3H3,(H,12,13)(H,14,15)/b5-4+. The summed E-state index contributed by atoms with van der Waals surface area (Å²) in [5.74, 6) is -1.17. The summed E-state index contributed by atoms with van der Waals surface area (Å²) in [5, 5.41) is 11.5. The van der Waals surface area contributed by atoms with Gasteiger partial charge in [0.15, 0.2) is 0 Å². The van der Waals surface area contributed by atoms with Gasteiger partial charge in [-0.05, 0) is 27.2 Å². The quantitative estimate of drug-likeness (QED) is 0.520. The van der Waals surface area contributed by atoms with Crippen molar-refractivity contribution in [1.29, 1.82) is 0 Å². The predicted octanol–water partition coefficient (Wildman–Crippen LogP) is 1.57. The van der Waals surface area contributed by atoms with Gasteiger partial charge in [0, 0.05) is 13.0 Å². The van der Waals surface area contributed by atoms with E-state index in [1.54, 1.807) is 13.8 Å². The third kappa shape index (κ3) is 5.88. The fourth-order valence-corrected chi connectivity index (χ4v) is 1.00. The first-order valence-corrected chi connectivity index (χ1v) is 5.01. The molecular formula is C11H19NO3. The molecule has 0 saturated carbocycles. The molecule has 0 atom stereocenters. The number of carbonyl (C=O) groups is 2. The van der Waals surface area contributed by atoms with E-state index in [1.807, 2.05) is 19.1 Å². The largest absolute Gasteiger partial charge is 0.481 e. The maximum absolute atomic E-state index is 11.3. The maximum atomic E-state index is 11.3. The van der Waals surface area contributed by atoms with Crippen LogP contribution in [0, 0.1) is 5.41 Å². The zero-order chi connectivity index (χ0) is 11.9. The van der Waals surface area contributed by atoms with E-state index in [4.69, 9.17) is 5.11 Å². The molecule has 4 heteroatoms. The molecule has 0 rings (SSSR count). The van der Waals surface area contributed by atoms with Crippen LogP contribution < -0.4 is 5.32 Å². The highest BCUT2D eigenvalue weighted by Gasteiger charge is 2.29. The van der Waals surface area contributed by atoms with Crippen molar-refractivity contribution in [2.45, 2.75) is 33.6 Å². The van der Waals surface area contributed by atoms with Crippen molar-refractivity contribution in [1.82, 2.24) is 5.32 Å². The second kappa shape index (κ2) is 6.22. The highest BCUT2D eigenvalue weighted by atomic mass is 16.4. The van der Waals surface area contributed by atoms with E-state index in [1.165, 1.54) is 0 Å². The fourth-order valence-electron chi connectivity index (χ4n) is 1.00. The minimum atomic E-state index is -0.995. The molecule has 86 valence electrons. The number of allylic oxidation sites excluding steroid dienone is 1. The Kier molecular flexibility index (Phi) is 5.67. The van der Waals surface area contributed by atoms with E-state index in [2.05, 4.69) is 5.32 Å². The van der Waals surface area contributed by atoms with Gasteiger partial charge in [-0.2, -0.15) is 0 Å². The first-order chi connectivity index (χ1) is 6.90. The van der Waals surface area contributed by atoms with E-state index in [0.717, 1.165) is 6.42 Å². The van der Waals surface area contributed by atoms with E-state index in [9.17, 15) is 9.59 Å². The van der Waals surface area contributed by atoms with Gasteiger partial charge in [0.1, 0.15) is 0 Å². The fraction of sp³-hybridized carbons (Fsp3) is 0.636. The lowest BCUT2D eigenvalue weighted by Crippen LogP contribution is -2.33. The molecule has 15 heavy (non-hydrogen) atoms. The van der Waals surface area contributed by atoms with Gasteiger partial charge < -0.3 is 10.4 Å². The second-order valence-corrected chi connectivity index (χ2v) is 4.07. The normalized spacial score (nSPS) is 11.7. The Morgan fingerprint density at radius 2 is 2.00 bits per heavy atom. The monoisotopic (exact) mass is 213 g/mol. The number of aliphatic carboxylic acids is 1. The SMILES string of the molecule is C/C=C/CCNC(=O)CC(C)(C)C(=O)O. The number of carbonyl (C=O) groups excluding carboxylic acids is 1. The summed E-state index contributed by atoms with van der Waals surface area (Å²) >= 11 is 0. The molecule has 0 fully saturated rings. The Morgan fingerprint density at radius 3 is 2.47 bits per heavy atom. The summed E-state index contributed by atoms with van der Waals surface area (Å²) < 4.78 is 0. The number of hydrogen-bond donors (Lipinski definition) is 2. The van der Waals surface area contributed by atoms with Crippen molar-refractivity contribution in [3.8, 4) is 0 Å². The van der Waals surface area contributed by atoms with Crippen LogP contribution in [0.5, 0.6) is 0 Å². The Labute approximate surface area is 90.4 Å². The van der Waals surface area contributed by atoms with Crippen molar-refractivity contribution >= 4 is 11.9 Å². The van der Waals surface area contributed by atoms with Crippen molar-refractivity contribution in [2.75, 3.05) is 6.54 Å². The molecule has 0 aromatic heterocycles. The van der Waals surface area contributed by atoms with E-state index < -0.39 is 11.4 Å². The molecule has 0 spiro atoms. The number of hydrogen-bond acceptors (Lipinski definition) is 2. The van der Waals surface area contributed by atoms with Gasteiger partial charge in [0.05, 0.1) is 5.41 Å². The first-order valence-electron chi connectivity index (χ1n) is 5.01. The smallest absolute Gasteiger partial charge is 0.309 e. The lowest BCUT2D eigenvalue weighted by Gasteiger charge is -2.17. The predicted molar refractivity (Wildman–Crippen MR) is 58.5 cm³/mol. The van der Waals surface area contributed by atoms with Crippen LogP contribution >= 0.6 is 0 Å². The van der Waals surface area contributed by atoms with E-state index in [0.29, 0.717) is 6.54 Å². The van der Waals surface area contributed by atoms with Crippen molar-refractivity contribution in [3.05, 3.63) is 12.2 Å². The van der Waals surface area contributed by atoms with Crippen molar-refractivity contribution in [2.24, 2.45) is 5.41 Å². The van der Waals surface area contributed by atoms with Gasteiger partial charge in [0.25, 0.3) is 0 Å². The molecule has 0 radical (unpaired) electrons. The molecule has 0 aliphatic carbocycles. The van der Waals surface area contributed by atoms with Crippen LogP contribution in [0.1, 0.15) is 33.6 Å². The highest BCUT2D eigenvalue weighted by molar-refractivity contribution is 5.84. The minimum Gasteiger partial charge on any atom is -0.481 e. The van der Waals surface area contributed by atoms with E-state index >= 15 is 0 Å². The number of amides is 1. The Balaban J connectivity index is 3.88. The number of rotatable bonds is 6. The molecule has 0 aromatic rings. The number of nitrogens with one attached hydrogen (secondary N) is 1. The highest BCUT2D eigenvalue weighted by Crippen LogP contribution is 2.19. The van der Waals surface area contributed by atoms with Gasteiger partial charge in [0.2, 0.25) is 5.91 Å². The molecule has 4 nitrogen and oxygen atoms in total. The molecular weight excluding hydrogens is 194 g/mol. The van der Waals surface area contributed by atoms with Gasteiger partial charge in [-0.25, -0.2) is 0 Å². The van der Waals surface area contributed by atoms with Crippen LogP contribution in [0.15, 0.2) is 12.2 Å². The topological polar surface area (TPSA) is 66.4 Å². The van der Waals surface area contributed by atoms with Crippen LogP contribution in [0.2, 0.25) is 0 Å². The van der Waals surface area contributed by atoms with Gasteiger partial charge in [-0.3, -0.25) is 9.59 Å². The molecule has 0 heterocycles. The number of carboxylic acid groups (broad SMARTS) is 1. The molecule has 2 N–H and O–H groups in total. The minimum absolute atomic E-state index is 0.0121. The summed E-state index contributed by atoms with van der Waals surface area (Å²) in [5.41, 5.74) is -0.995. The zero-order valence-corrected chi connectivity index (χ0v) is 9.54. The molecule has 0 bridgehead atoms. The third-order valence-corrected chi connectivity index (χ3v) is 2.05. The van der Waals surface area contributed by atoms with Gasteiger partial charge in [-0.1, -0.05) is 12.2 Å². The van der Waals surface area contributed by atoms with Gasteiger partial charge >= 0.3 is 5.97 Å². The zero-order valence-electron chi connectivity index (χ0n) is 9.54. The summed E-state index contributed by atoms with van der Waals surface area (Å²) in [6.07, 6.45) is 4.64. The van der Waals surface area contributed by atoms with Crippen LogP contribution in [0.4, 0.5) is 0 Å². The molecule has 0 aliphatic heterocycles. The lowest BCUT2D eigenvalue weighted by atomic mass is 9.89. The molecule has 1 amide bonds. The molecule has 0 saturated heterocycles. The molecule has 0 unspecified atom stereocenters. The van der Waals surface area contributed by atoms with E-state index in [-0.39, 0.29) is 12.3 Å². The van der Waals surface area contributed by atoms with Crippen LogP contribution in [-0.2, 0) is 9.59 Å². The summed E-state index contributed by atoms with van der Waals surface area (Å²) in [4.78, 5) is 22.1. The maximum Gasteiger partial charge on any atom is 0.309 e. The van der Waals surface area contributed by atoms with Crippen molar-refractivity contribution in [3.63, 3.8) is 0 Å². The van der Waals surface area contributed by atoms with Crippen LogP contribution in [0.3, 0.4) is 0 Å².